The Morgan fingerprint density at radius 3 is 2.38 bits per heavy atom. The summed E-state index contributed by atoms with van der Waals surface area (Å²) in [5.74, 6) is -1.64. The fraction of sp³-hybridized carbons (Fsp3) is 0.357. The minimum Gasteiger partial charge on any atom is -0.451 e. The number of anilines is 1. The van der Waals surface area contributed by atoms with Gasteiger partial charge in [-0.1, -0.05) is 0 Å². The van der Waals surface area contributed by atoms with E-state index in [9.17, 15) is 14.4 Å². The highest BCUT2D eigenvalue weighted by Gasteiger charge is 2.17. The van der Waals surface area contributed by atoms with Crippen molar-refractivity contribution in [2.75, 3.05) is 18.5 Å². The summed E-state index contributed by atoms with van der Waals surface area (Å²) >= 11 is 0. The van der Waals surface area contributed by atoms with Gasteiger partial charge in [-0.2, -0.15) is 0 Å². The Morgan fingerprint density at radius 2 is 1.86 bits per heavy atom. The maximum absolute atomic E-state index is 11.8. The number of carbonyl (C=O) groups is 3. The predicted octanol–water partition coefficient (Wildman–Crippen LogP) is 0.692. The third-order valence-corrected chi connectivity index (χ3v) is 2.54. The summed E-state index contributed by atoms with van der Waals surface area (Å²) in [7, 11) is 0. The number of amides is 2. The van der Waals surface area contributed by atoms with Crippen molar-refractivity contribution in [2.45, 2.75) is 20.0 Å². The number of hydrogen-bond acceptors (Lipinski definition) is 5. The van der Waals surface area contributed by atoms with E-state index in [1.54, 1.807) is 6.92 Å². The maximum atomic E-state index is 11.8. The second-order valence-electron chi connectivity index (χ2n) is 4.20. The molecule has 3 N–H and O–H groups in total. The van der Waals surface area contributed by atoms with Gasteiger partial charge < -0.3 is 20.5 Å². The highest BCUT2D eigenvalue weighted by Crippen LogP contribution is 2.10. The molecule has 0 bridgehead atoms. The van der Waals surface area contributed by atoms with Crippen LogP contribution >= 0.6 is 0 Å². The molecule has 21 heavy (non-hydrogen) atoms. The molecule has 0 unspecified atom stereocenters. The number of rotatable bonds is 7. The summed E-state index contributed by atoms with van der Waals surface area (Å²) in [6.07, 6.45) is -0.950. The average molecular weight is 294 g/mol. The van der Waals surface area contributed by atoms with Gasteiger partial charge in [-0.15, -0.1) is 0 Å². The molecule has 2 amide bonds. The predicted molar refractivity (Wildman–Crippen MR) is 75.6 cm³/mol. The Morgan fingerprint density at radius 1 is 1.24 bits per heavy atom. The van der Waals surface area contributed by atoms with E-state index in [2.05, 4.69) is 5.32 Å². The molecule has 0 fully saturated rings. The minimum absolute atomic E-state index is 0.193. The van der Waals surface area contributed by atoms with Crippen LogP contribution in [0.3, 0.4) is 0 Å². The Bertz CT molecular complexity index is 513. The molecule has 1 rings (SSSR count). The van der Waals surface area contributed by atoms with Crippen molar-refractivity contribution in [3.63, 3.8) is 0 Å². The third-order valence-electron chi connectivity index (χ3n) is 2.54. The van der Waals surface area contributed by atoms with Crippen LogP contribution in [-0.2, 0) is 19.1 Å². The monoisotopic (exact) mass is 294 g/mol. The maximum Gasteiger partial charge on any atom is 0.332 e. The molecule has 0 saturated heterocycles. The van der Waals surface area contributed by atoms with Gasteiger partial charge in [0.15, 0.2) is 6.10 Å². The SMILES string of the molecule is CCOCC(=O)O[C@H](C)C(=O)Nc1ccc(C(N)=O)cc1. The van der Waals surface area contributed by atoms with E-state index in [4.69, 9.17) is 15.2 Å². The van der Waals surface area contributed by atoms with Gasteiger partial charge in [0.25, 0.3) is 5.91 Å². The number of benzene rings is 1. The molecule has 0 radical (unpaired) electrons. The third kappa shape index (κ3) is 5.62. The van der Waals surface area contributed by atoms with Crippen molar-refractivity contribution >= 4 is 23.5 Å². The topological polar surface area (TPSA) is 108 Å². The summed E-state index contributed by atoms with van der Waals surface area (Å²) in [5.41, 5.74) is 5.92. The molecule has 1 atom stereocenters. The summed E-state index contributed by atoms with van der Waals surface area (Å²) < 4.78 is 9.78. The number of nitrogens with two attached hydrogens (primary N) is 1. The van der Waals surface area contributed by atoms with Gasteiger partial charge in [-0.05, 0) is 38.1 Å². The zero-order chi connectivity index (χ0) is 15.8. The number of esters is 1. The van der Waals surface area contributed by atoms with Gasteiger partial charge in [0.1, 0.15) is 6.61 Å². The smallest absolute Gasteiger partial charge is 0.332 e. The fourth-order valence-corrected chi connectivity index (χ4v) is 1.43. The standard InChI is InChI=1S/C14H18N2O5/c1-3-20-8-12(17)21-9(2)14(19)16-11-6-4-10(5-7-11)13(15)18/h4-7,9H,3,8H2,1-2H3,(H2,15,18)(H,16,19)/t9-/m1/s1. The molecular formula is C14H18N2O5. The fourth-order valence-electron chi connectivity index (χ4n) is 1.43. The Balaban J connectivity index is 2.51. The first-order valence-corrected chi connectivity index (χ1v) is 6.42. The lowest BCUT2D eigenvalue weighted by atomic mass is 10.2. The molecule has 0 aliphatic heterocycles. The summed E-state index contributed by atoms with van der Waals surface area (Å²) in [6.45, 7) is 3.40. The molecule has 1 aromatic carbocycles. The molecule has 0 aliphatic rings. The van der Waals surface area contributed by atoms with Gasteiger partial charge in [-0.3, -0.25) is 9.59 Å². The van der Waals surface area contributed by atoms with Crippen LogP contribution in [0.5, 0.6) is 0 Å². The van der Waals surface area contributed by atoms with Crippen LogP contribution in [-0.4, -0.2) is 37.1 Å². The second kappa shape index (κ2) is 8.01. The second-order valence-corrected chi connectivity index (χ2v) is 4.20. The van der Waals surface area contributed by atoms with Crippen LogP contribution in [0.25, 0.3) is 0 Å². The minimum atomic E-state index is -0.950. The first kappa shape index (κ1) is 16.6. The van der Waals surface area contributed by atoms with Crippen molar-refractivity contribution in [1.29, 1.82) is 0 Å². The van der Waals surface area contributed by atoms with Gasteiger partial charge in [0.05, 0.1) is 0 Å². The summed E-state index contributed by atoms with van der Waals surface area (Å²) in [6, 6.07) is 6.05. The van der Waals surface area contributed by atoms with E-state index >= 15 is 0 Å². The van der Waals surface area contributed by atoms with Crippen LogP contribution in [0, 0.1) is 0 Å². The Kier molecular flexibility index (Phi) is 6.35. The number of hydrogen-bond donors (Lipinski definition) is 2. The highest BCUT2D eigenvalue weighted by atomic mass is 16.6. The lowest BCUT2D eigenvalue weighted by Gasteiger charge is -2.13. The molecule has 7 heteroatoms. The first-order chi connectivity index (χ1) is 9.93. The van der Waals surface area contributed by atoms with Gasteiger partial charge >= 0.3 is 5.97 Å². The lowest BCUT2D eigenvalue weighted by molar-refractivity contribution is -0.157. The van der Waals surface area contributed by atoms with Crippen LogP contribution in [0.1, 0.15) is 24.2 Å². The van der Waals surface area contributed by atoms with E-state index in [-0.39, 0.29) is 6.61 Å². The Labute approximate surface area is 122 Å². The van der Waals surface area contributed by atoms with Crippen LogP contribution in [0.4, 0.5) is 5.69 Å². The van der Waals surface area contributed by atoms with E-state index in [1.807, 2.05) is 0 Å². The zero-order valence-electron chi connectivity index (χ0n) is 11.9. The van der Waals surface area contributed by atoms with Crippen molar-refractivity contribution in [1.82, 2.24) is 0 Å². The normalized spacial score (nSPS) is 11.5. The number of primary amides is 1. The van der Waals surface area contributed by atoms with Crippen LogP contribution < -0.4 is 11.1 Å². The van der Waals surface area contributed by atoms with E-state index < -0.39 is 23.9 Å². The lowest BCUT2D eigenvalue weighted by Crippen LogP contribution is -2.31. The summed E-state index contributed by atoms with van der Waals surface area (Å²) in [4.78, 5) is 34.0. The van der Waals surface area contributed by atoms with Crippen molar-refractivity contribution in [3.05, 3.63) is 29.8 Å². The van der Waals surface area contributed by atoms with Crippen LogP contribution in [0.2, 0.25) is 0 Å². The Hall–Kier alpha value is -2.41. The van der Waals surface area contributed by atoms with E-state index in [1.165, 1.54) is 31.2 Å². The van der Waals surface area contributed by atoms with E-state index in [0.717, 1.165) is 0 Å². The largest absolute Gasteiger partial charge is 0.451 e. The molecule has 0 saturated carbocycles. The van der Waals surface area contributed by atoms with Gasteiger partial charge in [0, 0.05) is 17.9 Å². The molecule has 0 heterocycles. The number of nitrogens with one attached hydrogen (secondary N) is 1. The van der Waals surface area contributed by atoms with Crippen molar-refractivity contribution in [2.24, 2.45) is 5.73 Å². The van der Waals surface area contributed by atoms with Crippen LogP contribution in [0.15, 0.2) is 24.3 Å². The number of carbonyl (C=O) groups excluding carboxylic acids is 3. The molecule has 114 valence electrons. The molecule has 0 aliphatic carbocycles. The molecular weight excluding hydrogens is 276 g/mol. The molecule has 0 aromatic heterocycles. The van der Waals surface area contributed by atoms with Gasteiger partial charge in [0.2, 0.25) is 5.91 Å². The quantitative estimate of drug-likeness (QED) is 0.719. The number of ether oxygens (including phenoxy) is 2. The molecule has 1 aromatic rings. The summed E-state index contributed by atoms with van der Waals surface area (Å²) in [5, 5.41) is 2.56. The molecule has 0 spiro atoms. The first-order valence-electron chi connectivity index (χ1n) is 6.42. The zero-order valence-corrected chi connectivity index (χ0v) is 11.9. The molecule has 7 nitrogen and oxygen atoms in total. The van der Waals surface area contributed by atoms with E-state index in [0.29, 0.717) is 17.9 Å². The highest BCUT2D eigenvalue weighted by molar-refractivity contribution is 5.96. The average Bonchev–Trinajstić information content (AvgIpc) is 2.45. The van der Waals surface area contributed by atoms with Gasteiger partial charge in [-0.25, -0.2) is 4.79 Å². The van der Waals surface area contributed by atoms with Crippen molar-refractivity contribution < 1.29 is 23.9 Å². The van der Waals surface area contributed by atoms with Crippen molar-refractivity contribution in [3.8, 4) is 0 Å².